The third kappa shape index (κ3) is 3.60. The van der Waals surface area contributed by atoms with Crippen LogP contribution in [-0.2, 0) is 10.0 Å². The Morgan fingerprint density at radius 2 is 1.84 bits per heavy atom. The van der Waals surface area contributed by atoms with Gasteiger partial charge in [-0.05, 0) is 46.3 Å². The molecule has 1 aliphatic carbocycles. The molecule has 1 aromatic carbocycles. The molecule has 0 heterocycles. The number of sulfonamides is 1. The van der Waals surface area contributed by atoms with E-state index in [1.165, 1.54) is 12.8 Å². The summed E-state index contributed by atoms with van der Waals surface area (Å²) in [6, 6.07) is 6.89. The smallest absolute Gasteiger partial charge is 0.211 e. The maximum Gasteiger partial charge on any atom is 0.241 e. The van der Waals surface area contributed by atoms with Crippen LogP contribution in [0.1, 0.15) is 25.7 Å². The van der Waals surface area contributed by atoms with Crippen molar-refractivity contribution in [1.82, 2.24) is 4.72 Å². The summed E-state index contributed by atoms with van der Waals surface area (Å²) < 4.78 is 28.0. The van der Waals surface area contributed by atoms with Gasteiger partial charge in [0.05, 0.1) is 4.90 Å². The first-order chi connectivity index (χ1) is 8.99. The minimum absolute atomic E-state index is 0.0777. The van der Waals surface area contributed by atoms with Gasteiger partial charge in [0, 0.05) is 16.3 Å². The van der Waals surface area contributed by atoms with Crippen LogP contribution in [0.15, 0.2) is 33.6 Å². The van der Waals surface area contributed by atoms with E-state index in [0.717, 1.165) is 18.2 Å². The zero-order chi connectivity index (χ0) is 13.9. The first-order valence-electron chi connectivity index (χ1n) is 6.29. The van der Waals surface area contributed by atoms with Gasteiger partial charge in [-0.1, -0.05) is 40.9 Å². The third-order valence-electron chi connectivity index (χ3n) is 3.71. The predicted molar refractivity (Wildman–Crippen MR) is 84.0 cm³/mol. The number of benzene rings is 1. The summed E-state index contributed by atoms with van der Waals surface area (Å²) in [5.41, 5.74) is 0.0777. The largest absolute Gasteiger partial charge is 0.241 e. The Morgan fingerprint density at radius 3 is 2.42 bits per heavy atom. The molecule has 1 N–H and O–H groups in total. The molecular weight excluding hydrogens is 394 g/mol. The van der Waals surface area contributed by atoms with Crippen molar-refractivity contribution < 1.29 is 8.42 Å². The molecule has 3 nitrogen and oxygen atoms in total. The second-order valence-electron chi connectivity index (χ2n) is 5.10. The highest BCUT2D eigenvalue weighted by Gasteiger charge is 2.34. The molecule has 0 aliphatic heterocycles. The summed E-state index contributed by atoms with van der Waals surface area (Å²) in [5, 5.41) is 0.846. The minimum atomic E-state index is -3.44. The number of alkyl halides is 1. The van der Waals surface area contributed by atoms with Crippen molar-refractivity contribution in [3.8, 4) is 0 Å². The lowest BCUT2D eigenvalue weighted by atomic mass is 9.89. The quantitative estimate of drug-likeness (QED) is 0.752. The van der Waals surface area contributed by atoms with Gasteiger partial charge in [0.1, 0.15) is 0 Å². The molecule has 106 valence electrons. The number of hydrogen-bond acceptors (Lipinski definition) is 2. The third-order valence-corrected chi connectivity index (χ3v) is 7.31. The molecule has 19 heavy (non-hydrogen) atoms. The molecule has 2 rings (SSSR count). The molecule has 1 aromatic rings. The van der Waals surface area contributed by atoms with E-state index >= 15 is 0 Å². The fourth-order valence-electron chi connectivity index (χ4n) is 2.47. The first kappa shape index (κ1) is 15.5. The van der Waals surface area contributed by atoms with Crippen LogP contribution in [0.5, 0.6) is 0 Å². The van der Waals surface area contributed by atoms with Crippen LogP contribution in [0.25, 0.3) is 0 Å². The summed E-state index contributed by atoms with van der Waals surface area (Å²) >= 11 is 6.82. The molecule has 1 fully saturated rings. The number of rotatable bonds is 5. The lowest BCUT2D eigenvalue weighted by Gasteiger charge is -2.26. The van der Waals surface area contributed by atoms with Crippen LogP contribution in [0.4, 0.5) is 0 Å². The van der Waals surface area contributed by atoms with Crippen LogP contribution in [-0.4, -0.2) is 20.3 Å². The monoisotopic (exact) mass is 409 g/mol. The normalized spacial score (nSPS) is 18.6. The van der Waals surface area contributed by atoms with Crippen molar-refractivity contribution in [2.45, 2.75) is 30.6 Å². The average molecular weight is 411 g/mol. The van der Waals surface area contributed by atoms with Gasteiger partial charge in [0.25, 0.3) is 0 Å². The van der Waals surface area contributed by atoms with Gasteiger partial charge in [-0.15, -0.1) is 0 Å². The molecule has 6 heteroatoms. The molecule has 0 unspecified atom stereocenters. The highest BCUT2D eigenvalue weighted by atomic mass is 79.9. The number of nitrogens with one attached hydrogen (secondary N) is 1. The fourth-order valence-corrected chi connectivity index (χ4v) is 5.39. The van der Waals surface area contributed by atoms with Crippen molar-refractivity contribution >= 4 is 41.9 Å². The van der Waals surface area contributed by atoms with Gasteiger partial charge in [-0.2, -0.15) is 0 Å². The molecule has 0 amide bonds. The van der Waals surface area contributed by atoms with E-state index in [-0.39, 0.29) is 5.41 Å². The Balaban J connectivity index is 2.12. The second-order valence-corrected chi connectivity index (χ2v) is 8.25. The lowest BCUT2D eigenvalue weighted by Crippen LogP contribution is -2.37. The summed E-state index contributed by atoms with van der Waals surface area (Å²) in [6.45, 7) is 0.502. The Hall–Kier alpha value is 0.0900. The van der Waals surface area contributed by atoms with Gasteiger partial charge in [-0.25, -0.2) is 13.1 Å². The van der Waals surface area contributed by atoms with Crippen molar-refractivity contribution in [2.75, 3.05) is 11.9 Å². The minimum Gasteiger partial charge on any atom is -0.211 e. The Morgan fingerprint density at radius 1 is 1.21 bits per heavy atom. The van der Waals surface area contributed by atoms with Gasteiger partial charge in [0.2, 0.25) is 10.0 Å². The topological polar surface area (TPSA) is 46.2 Å². The standard InChI is InChI=1S/C13H17Br2NO2S/c14-9-13(7-3-4-8-13)10-16-19(17,18)12-6-2-1-5-11(12)15/h1-2,5-6,16H,3-4,7-10H2. The first-order valence-corrected chi connectivity index (χ1v) is 9.69. The maximum atomic E-state index is 12.3. The lowest BCUT2D eigenvalue weighted by molar-refractivity contribution is 0.347. The fraction of sp³-hybridized carbons (Fsp3) is 0.538. The van der Waals surface area contributed by atoms with Crippen LogP contribution < -0.4 is 4.72 Å². The Kier molecular flexibility index (Phi) is 5.09. The molecule has 1 saturated carbocycles. The molecule has 0 spiro atoms. The van der Waals surface area contributed by atoms with Crippen LogP contribution in [0, 0.1) is 5.41 Å². The van der Waals surface area contributed by atoms with Crippen molar-refractivity contribution in [3.63, 3.8) is 0 Å². The molecule has 0 aromatic heterocycles. The van der Waals surface area contributed by atoms with E-state index < -0.39 is 10.0 Å². The summed E-state index contributed by atoms with van der Waals surface area (Å²) in [7, 11) is -3.44. The Labute approximate surface area is 131 Å². The molecule has 0 saturated heterocycles. The van der Waals surface area contributed by atoms with E-state index in [0.29, 0.717) is 15.9 Å². The van der Waals surface area contributed by atoms with Gasteiger partial charge in [0.15, 0.2) is 0 Å². The van der Waals surface area contributed by atoms with Crippen molar-refractivity contribution in [3.05, 3.63) is 28.7 Å². The van der Waals surface area contributed by atoms with Crippen LogP contribution >= 0.6 is 31.9 Å². The van der Waals surface area contributed by atoms with E-state index in [4.69, 9.17) is 0 Å². The molecule has 0 bridgehead atoms. The second kappa shape index (κ2) is 6.24. The number of hydrogen-bond donors (Lipinski definition) is 1. The highest BCUT2D eigenvalue weighted by Crippen LogP contribution is 2.39. The molecule has 0 atom stereocenters. The molecule has 0 radical (unpaired) electrons. The zero-order valence-electron chi connectivity index (χ0n) is 10.5. The van der Waals surface area contributed by atoms with Crippen LogP contribution in [0.2, 0.25) is 0 Å². The van der Waals surface area contributed by atoms with E-state index in [1.54, 1.807) is 24.3 Å². The summed E-state index contributed by atoms with van der Waals surface area (Å²) in [6.07, 6.45) is 4.53. The van der Waals surface area contributed by atoms with Crippen molar-refractivity contribution in [2.24, 2.45) is 5.41 Å². The SMILES string of the molecule is O=S(=O)(NCC1(CBr)CCCC1)c1ccccc1Br. The highest BCUT2D eigenvalue weighted by molar-refractivity contribution is 9.10. The van der Waals surface area contributed by atoms with Crippen LogP contribution in [0.3, 0.4) is 0 Å². The summed E-state index contributed by atoms with van der Waals surface area (Å²) in [4.78, 5) is 0.303. The van der Waals surface area contributed by atoms with Gasteiger partial charge >= 0.3 is 0 Å². The average Bonchev–Trinajstić information content (AvgIpc) is 2.86. The predicted octanol–water partition coefficient (Wildman–Crippen LogP) is 3.68. The Bertz CT molecular complexity index is 539. The maximum absolute atomic E-state index is 12.3. The zero-order valence-corrected chi connectivity index (χ0v) is 14.5. The van der Waals surface area contributed by atoms with E-state index in [2.05, 4.69) is 36.6 Å². The molecule has 1 aliphatic rings. The summed E-state index contributed by atoms with van der Waals surface area (Å²) in [5.74, 6) is 0. The van der Waals surface area contributed by atoms with Crippen molar-refractivity contribution in [1.29, 1.82) is 0 Å². The van der Waals surface area contributed by atoms with E-state index in [1.807, 2.05) is 0 Å². The number of halogens is 2. The molecular formula is C13H17Br2NO2S. The van der Waals surface area contributed by atoms with Gasteiger partial charge in [-0.3, -0.25) is 0 Å². The van der Waals surface area contributed by atoms with Gasteiger partial charge < -0.3 is 0 Å². The van der Waals surface area contributed by atoms with E-state index in [9.17, 15) is 8.42 Å².